The highest BCUT2D eigenvalue weighted by Gasteiger charge is 2.42. The van der Waals surface area contributed by atoms with E-state index in [2.05, 4.69) is 0 Å². The molecule has 0 unspecified atom stereocenters. The number of rotatable bonds is 1. The first-order chi connectivity index (χ1) is 16.5. The Hall–Kier alpha value is -5.00. The first-order valence-corrected chi connectivity index (χ1v) is 8.88. The van der Waals surface area contributed by atoms with E-state index in [4.69, 9.17) is 15.8 Å². The zero-order valence-electron chi connectivity index (χ0n) is 16.9. The third-order valence-corrected chi connectivity index (χ3v) is 4.61. The predicted octanol–water partition coefficient (Wildman–Crippen LogP) is 4.41. The molecule has 0 atom stereocenters. The lowest BCUT2D eigenvalue weighted by Gasteiger charge is -2.17. The van der Waals surface area contributed by atoms with Crippen LogP contribution in [0.25, 0.3) is 11.1 Å². The molecule has 2 rings (SSSR count). The van der Waals surface area contributed by atoms with Gasteiger partial charge < -0.3 is 0 Å². The molecule has 0 fully saturated rings. The van der Waals surface area contributed by atoms with Crippen molar-refractivity contribution in [2.24, 2.45) is 0 Å². The van der Waals surface area contributed by atoms with Crippen LogP contribution in [0.4, 0.5) is 39.5 Å². The van der Waals surface area contributed by atoms with Gasteiger partial charge in [-0.1, -0.05) is 0 Å². The summed E-state index contributed by atoms with van der Waals surface area (Å²) in [7, 11) is 0. The molecular formula is C22H4F9N5. The smallest absolute Gasteiger partial charge is 0.192 e. The minimum absolute atomic E-state index is 0.0887. The zero-order chi connectivity index (χ0) is 27.6. The fourth-order valence-corrected chi connectivity index (χ4v) is 3.12. The maximum atomic E-state index is 13.8. The molecule has 180 valence electrons. The molecule has 14 heteroatoms. The molecule has 0 saturated heterocycles. The van der Waals surface area contributed by atoms with E-state index in [1.165, 1.54) is 18.2 Å². The number of hydrogen-bond donors (Lipinski definition) is 0. The van der Waals surface area contributed by atoms with E-state index in [-0.39, 0.29) is 18.2 Å². The van der Waals surface area contributed by atoms with Gasteiger partial charge in [0, 0.05) is 10.4 Å². The molecule has 0 aromatic heterocycles. The summed E-state index contributed by atoms with van der Waals surface area (Å²) in [6, 6.07) is 6.04. The average Bonchev–Trinajstić information content (AvgIpc) is 2.78. The molecule has 0 aliphatic carbocycles. The molecule has 2 aromatic rings. The van der Waals surface area contributed by atoms with E-state index in [1.54, 1.807) is 0 Å². The Bertz CT molecular complexity index is 1540. The van der Waals surface area contributed by atoms with E-state index in [0.717, 1.165) is 12.1 Å². The van der Waals surface area contributed by atoms with Gasteiger partial charge in [0.05, 0.1) is 39.5 Å². The lowest BCUT2D eigenvalue weighted by molar-refractivity contribution is -0.143. The summed E-state index contributed by atoms with van der Waals surface area (Å²) in [4.78, 5) is 0. The molecule has 2 aromatic carbocycles. The lowest BCUT2D eigenvalue weighted by Crippen LogP contribution is -2.28. The molecular weight excluding hydrogens is 505 g/mol. The van der Waals surface area contributed by atoms with Gasteiger partial charge in [0.2, 0.25) is 0 Å². The predicted molar refractivity (Wildman–Crippen MR) is 99.3 cm³/mol. The van der Waals surface area contributed by atoms with Crippen LogP contribution in [0.3, 0.4) is 0 Å². The largest absolute Gasteiger partial charge is 0.417 e. The van der Waals surface area contributed by atoms with Crippen molar-refractivity contribution in [2.75, 3.05) is 0 Å². The quantitative estimate of drug-likeness (QED) is 0.528. The fraction of sp³-hybridized carbons (Fsp3) is 0.136. The minimum atomic E-state index is -5.57. The first kappa shape index (κ1) is 27.2. The SMILES string of the molecule is N#CC(C#N)=c1cc(C(F)(F)F)/c(=C(\C#N)c2cc(C(F)(F)F)c(C#N)c(C(F)(F)F)c2)cc1C#N. The van der Waals surface area contributed by atoms with Gasteiger partial charge in [-0.15, -0.1) is 0 Å². The summed E-state index contributed by atoms with van der Waals surface area (Å²) in [6.07, 6.45) is -16.5. The van der Waals surface area contributed by atoms with Crippen molar-refractivity contribution >= 4 is 11.1 Å². The molecule has 0 heterocycles. The highest BCUT2D eigenvalue weighted by molar-refractivity contribution is 5.80. The van der Waals surface area contributed by atoms with E-state index in [1.807, 2.05) is 0 Å². The van der Waals surface area contributed by atoms with Gasteiger partial charge in [-0.3, -0.25) is 0 Å². The molecule has 0 radical (unpaired) electrons. The Labute approximate surface area is 194 Å². The maximum Gasteiger partial charge on any atom is 0.417 e. The van der Waals surface area contributed by atoms with Gasteiger partial charge in [-0.25, -0.2) is 0 Å². The topological polar surface area (TPSA) is 119 Å². The third-order valence-electron chi connectivity index (χ3n) is 4.61. The Kier molecular flexibility index (Phi) is 7.06. The monoisotopic (exact) mass is 509 g/mol. The summed E-state index contributed by atoms with van der Waals surface area (Å²) in [6.45, 7) is 0. The van der Waals surface area contributed by atoms with Crippen molar-refractivity contribution in [1.82, 2.24) is 0 Å². The van der Waals surface area contributed by atoms with Gasteiger partial charge >= 0.3 is 18.5 Å². The Balaban J connectivity index is 3.34. The molecule has 36 heavy (non-hydrogen) atoms. The van der Waals surface area contributed by atoms with Crippen LogP contribution < -0.4 is 10.4 Å². The molecule has 0 bridgehead atoms. The van der Waals surface area contributed by atoms with Crippen LogP contribution in [-0.2, 0) is 18.5 Å². The van der Waals surface area contributed by atoms with Crippen molar-refractivity contribution in [3.8, 4) is 30.3 Å². The lowest BCUT2D eigenvalue weighted by atomic mass is 9.91. The van der Waals surface area contributed by atoms with E-state index >= 15 is 0 Å². The van der Waals surface area contributed by atoms with Gasteiger partial charge in [0.1, 0.15) is 29.8 Å². The third kappa shape index (κ3) is 5.06. The minimum Gasteiger partial charge on any atom is -0.192 e. The van der Waals surface area contributed by atoms with Gasteiger partial charge in [-0.05, 0) is 29.8 Å². The van der Waals surface area contributed by atoms with E-state index in [9.17, 15) is 50.0 Å². The summed E-state index contributed by atoms with van der Waals surface area (Å²) >= 11 is 0. The Morgan fingerprint density at radius 2 is 1.03 bits per heavy atom. The van der Waals surface area contributed by atoms with Crippen molar-refractivity contribution in [1.29, 1.82) is 26.3 Å². The Morgan fingerprint density at radius 3 is 1.36 bits per heavy atom. The van der Waals surface area contributed by atoms with Crippen LogP contribution in [0.5, 0.6) is 0 Å². The van der Waals surface area contributed by atoms with Gasteiger partial charge in [0.15, 0.2) is 0 Å². The molecule has 0 N–H and O–H groups in total. The molecule has 0 spiro atoms. The zero-order valence-corrected chi connectivity index (χ0v) is 16.9. The number of hydrogen-bond acceptors (Lipinski definition) is 5. The molecule has 0 aliphatic heterocycles. The summed E-state index contributed by atoms with van der Waals surface area (Å²) in [5, 5.41) is 43.5. The number of alkyl halides is 9. The first-order valence-electron chi connectivity index (χ1n) is 8.88. The van der Waals surface area contributed by atoms with Crippen molar-refractivity contribution < 1.29 is 39.5 Å². The van der Waals surface area contributed by atoms with Crippen LogP contribution >= 0.6 is 0 Å². The second-order valence-electron chi connectivity index (χ2n) is 6.69. The van der Waals surface area contributed by atoms with Crippen LogP contribution in [0.1, 0.15) is 33.4 Å². The number of halogens is 9. The highest BCUT2D eigenvalue weighted by atomic mass is 19.4. The van der Waals surface area contributed by atoms with Gasteiger partial charge in [-0.2, -0.15) is 65.8 Å². The number of benzene rings is 2. The standard InChI is InChI=1S/C22H4F9N5/c23-20(24,25)17-2-10(3-18(16(17)9-36)21(26,27)28)15(8-35)14-1-11(5-32)13(12(6-33)7-34)4-19(14)22(29,30)31/h1-4H/b15-14+. The molecule has 0 amide bonds. The molecule has 5 nitrogen and oxygen atoms in total. The number of nitriles is 5. The van der Waals surface area contributed by atoms with Crippen molar-refractivity contribution in [3.05, 3.63) is 68.1 Å². The summed E-state index contributed by atoms with van der Waals surface area (Å²) < 4.78 is 122. The second kappa shape index (κ2) is 9.33. The van der Waals surface area contributed by atoms with Crippen LogP contribution in [0.15, 0.2) is 24.3 Å². The van der Waals surface area contributed by atoms with Crippen LogP contribution in [0, 0.1) is 56.7 Å². The van der Waals surface area contributed by atoms with Crippen molar-refractivity contribution in [2.45, 2.75) is 18.5 Å². The van der Waals surface area contributed by atoms with Crippen LogP contribution in [0.2, 0.25) is 0 Å². The number of nitrogens with zero attached hydrogens (tertiary/aromatic N) is 5. The highest BCUT2D eigenvalue weighted by Crippen LogP contribution is 2.41. The van der Waals surface area contributed by atoms with Crippen LogP contribution in [-0.4, -0.2) is 0 Å². The average molecular weight is 509 g/mol. The summed E-state index contributed by atoms with van der Waals surface area (Å²) in [5.74, 6) is 0. The maximum absolute atomic E-state index is 13.8. The molecule has 0 aliphatic rings. The normalized spacial score (nSPS) is 12.3. The fourth-order valence-electron chi connectivity index (χ4n) is 3.12. The second-order valence-corrected chi connectivity index (χ2v) is 6.69. The molecule has 0 saturated carbocycles. The van der Waals surface area contributed by atoms with E-state index in [0.29, 0.717) is 6.07 Å². The van der Waals surface area contributed by atoms with E-state index < -0.39 is 73.5 Å². The summed E-state index contributed by atoms with van der Waals surface area (Å²) in [5.41, 5.74) is -12.3. The Morgan fingerprint density at radius 1 is 0.556 bits per heavy atom. The van der Waals surface area contributed by atoms with Crippen molar-refractivity contribution in [3.63, 3.8) is 0 Å². The van der Waals surface area contributed by atoms with Gasteiger partial charge in [0.25, 0.3) is 0 Å².